The van der Waals surface area contributed by atoms with Gasteiger partial charge in [0.1, 0.15) is 11.9 Å². The Balaban J connectivity index is 1.63. The molecule has 1 atom stereocenters. The minimum atomic E-state index is -0.621. The van der Waals surface area contributed by atoms with Crippen LogP contribution in [0, 0.1) is 12.7 Å². The molecule has 0 radical (unpaired) electrons. The van der Waals surface area contributed by atoms with Crippen molar-refractivity contribution >= 4 is 34.9 Å². The Bertz CT molecular complexity index is 810. The molecule has 1 fully saturated rings. The maximum atomic E-state index is 13.0. The minimum absolute atomic E-state index is 0.218. The number of nitrogens with zero attached hydrogens (tertiary/aromatic N) is 1. The molecule has 1 aliphatic rings. The van der Waals surface area contributed by atoms with Crippen LogP contribution in [0.4, 0.5) is 20.6 Å². The van der Waals surface area contributed by atoms with Gasteiger partial charge in [0, 0.05) is 22.9 Å². The molecule has 0 aromatic heterocycles. The van der Waals surface area contributed by atoms with Crippen molar-refractivity contribution in [3.05, 3.63) is 58.9 Å². The number of hydrogen-bond donors (Lipinski definition) is 2. The highest BCUT2D eigenvalue weighted by Crippen LogP contribution is 2.24. The summed E-state index contributed by atoms with van der Waals surface area (Å²) in [7, 11) is 0. The van der Waals surface area contributed by atoms with Crippen LogP contribution < -0.4 is 15.5 Å². The third-order valence-electron chi connectivity index (χ3n) is 4.17. The number of hydrogen-bond acceptors (Lipinski definition) is 2. The molecule has 0 bridgehead atoms. The maximum Gasteiger partial charge on any atom is 0.319 e. The van der Waals surface area contributed by atoms with Crippen LogP contribution >= 0.6 is 11.6 Å². The SMILES string of the molecule is Cc1c(Cl)cccc1NC(=O)NC1CCN(c2ccc(F)cc2)C1=O. The van der Waals surface area contributed by atoms with Gasteiger partial charge in [0.25, 0.3) is 0 Å². The Morgan fingerprint density at radius 3 is 2.68 bits per heavy atom. The first-order valence-electron chi connectivity index (χ1n) is 7.85. The van der Waals surface area contributed by atoms with Gasteiger partial charge in [0.15, 0.2) is 0 Å². The van der Waals surface area contributed by atoms with E-state index < -0.39 is 12.1 Å². The molecule has 7 heteroatoms. The van der Waals surface area contributed by atoms with Crippen LogP contribution in [0.2, 0.25) is 5.02 Å². The van der Waals surface area contributed by atoms with Gasteiger partial charge < -0.3 is 15.5 Å². The molecule has 3 amide bonds. The van der Waals surface area contributed by atoms with E-state index in [1.807, 2.05) is 0 Å². The first-order chi connectivity index (χ1) is 12.0. The fourth-order valence-corrected chi connectivity index (χ4v) is 2.93. The fraction of sp³-hybridized carbons (Fsp3) is 0.222. The molecule has 2 aromatic rings. The summed E-state index contributed by atoms with van der Waals surface area (Å²) in [6.45, 7) is 2.26. The van der Waals surface area contributed by atoms with E-state index in [1.165, 1.54) is 17.0 Å². The second kappa shape index (κ2) is 7.11. The van der Waals surface area contributed by atoms with Crippen molar-refractivity contribution in [1.29, 1.82) is 0 Å². The highest BCUT2D eigenvalue weighted by atomic mass is 35.5. The molecule has 0 spiro atoms. The van der Waals surface area contributed by atoms with E-state index in [-0.39, 0.29) is 11.7 Å². The Hall–Kier alpha value is -2.60. The van der Waals surface area contributed by atoms with Crippen molar-refractivity contribution < 1.29 is 14.0 Å². The first kappa shape index (κ1) is 17.2. The number of benzene rings is 2. The van der Waals surface area contributed by atoms with E-state index in [9.17, 15) is 14.0 Å². The monoisotopic (exact) mass is 361 g/mol. The Kier molecular flexibility index (Phi) is 4.90. The topological polar surface area (TPSA) is 61.4 Å². The quantitative estimate of drug-likeness (QED) is 0.875. The van der Waals surface area contributed by atoms with Crippen LogP contribution in [-0.2, 0) is 4.79 Å². The molecule has 1 saturated heterocycles. The van der Waals surface area contributed by atoms with Gasteiger partial charge >= 0.3 is 6.03 Å². The van der Waals surface area contributed by atoms with Crippen molar-refractivity contribution in [2.24, 2.45) is 0 Å². The number of carbonyl (C=O) groups is 2. The smallest absolute Gasteiger partial charge is 0.319 e. The molecule has 2 aromatic carbocycles. The molecule has 1 unspecified atom stereocenters. The van der Waals surface area contributed by atoms with Gasteiger partial charge in [-0.1, -0.05) is 17.7 Å². The summed E-state index contributed by atoms with van der Waals surface area (Å²) >= 11 is 6.03. The molecular formula is C18H17ClFN3O2. The number of rotatable bonds is 3. The molecule has 25 heavy (non-hydrogen) atoms. The van der Waals surface area contributed by atoms with Gasteiger partial charge in [-0.25, -0.2) is 9.18 Å². The Morgan fingerprint density at radius 1 is 1.24 bits per heavy atom. The third-order valence-corrected chi connectivity index (χ3v) is 4.57. The number of halogens is 2. The van der Waals surface area contributed by atoms with Gasteiger partial charge in [-0.3, -0.25) is 4.79 Å². The average molecular weight is 362 g/mol. The average Bonchev–Trinajstić information content (AvgIpc) is 2.93. The predicted molar refractivity (Wildman–Crippen MR) is 95.5 cm³/mol. The molecule has 130 valence electrons. The second-order valence-corrected chi connectivity index (χ2v) is 6.23. The van der Waals surface area contributed by atoms with E-state index in [4.69, 9.17) is 11.6 Å². The van der Waals surface area contributed by atoms with E-state index in [1.54, 1.807) is 37.3 Å². The maximum absolute atomic E-state index is 13.0. The minimum Gasteiger partial charge on any atom is -0.326 e. The van der Waals surface area contributed by atoms with Crippen LogP contribution in [0.25, 0.3) is 0 Å². The van der Waals surface area contributed by atoms with Crippen molar-refractivity contribution in [3.8, 4) is 0 Å². The summed E-state index contributed by atoms with van der Waals surface area (Å²) in [5, 5.41) is 5.94. The molecule has 5 nitrogen and oxygen atoms in total. The number of urea groups is 1. The van der Waals surface area contributed by atoms with Crippen LogP contribution in [0.3, 0.4) is 0 Å². The molecule has 3 rings (SSSR count). The van der Waals surface area contributed by atoms with Crippen molar-refractivity contribution in [2.45, 2.75) is 19.4 Å². The summed E-state index contributed by atoms with van der Waals surface area (Å²) in [6, 6.07) is 9.83. The third kappa shape index (κ3) is 3.74. The van der Waals surface area contributed by atoms with Gasteiger partial charge in [-0.15, -0.1) is 0 Å². The summed E-state index contributed by atoms with van der Waals surface area (Å²) in [4.78, 5) is 26.2. The largest absolute Gasteiger partial charge is 0.326 e. The lowest BCUT2D eigenvalue weighted by Gasteiger charge is -2.17. The predicted octanol–water partition coefficient (Wildman–Crippen LogP) is 3.71. The van der Waals surface area contributed by atoms with Crippen LogP contribution in [0.1, 0.15) is 12.0 Å². The Morgan fingerprint density at radius 2 is 1.96 bits per heavy atom. The number of nitrogens with one attached hydrogen (secondary N) is 2. The number of carbonyl (C=O) groups excluding carboxylic acids is 2. The zero-order valence-electron chi connectivity index (χ0n) is 13.6. The van der Waals surface area contributed by atoms with E-state index in [2.05, 4.69) is 10.6 Å². The van der Waals surface area contributed by atoms with Gasteiger partial charge in [0.2, 0.25) is 5.91 Å². The fourth-order valence-electron chi connectivity index (χ4n) is 2.75. The van der Waals surface area contributed by atoms with Gasteiger partial charge in [-0.05, 0) is 55.3 Å². The van der Waals surface area contributed by atoms with Crippen LogP contribution in [0.5, 0.6) is 0 Å². The van der Waals surface area contributed by atoms with E-state index >= 15 is 0 Å². The number of amides is 3. The zero-order valence-corrected chi connectivity index (χ0v) is 14.3. The lowest BCUT2D eigenvalue weighted by Crippen LogP contribution is -2.43. The lowest BCUT2D eigenvalue weighted by molar-refractivity contribution is -0.118. The lowest BCUT2D eigenvalue weighted by atomic mass is 10.2. The van der Waals surface area contributed by atoms with Gasteiger partial charge in [-0.2, -0.15) is 0 Å². The molecule has 0 saturated carbocycles. The Labute approximate surface area is 149 Å². The number of anilines is 2. The highest BCUT2D eigenvalue weighted by molar-refractivity contribution is 6.31. The van der Waals surface area contributed by atoms with E-state index in [0.717, 1.165) is 5.56 Å². The first-order valence-corrected chi connectivity index (χ1v) is 8.23. The highest BCUT2D eigenvalue weighted by Gasteiger charge is 2.33. The summed E-state index contributed by atoms with van der Waals surface area (Å²) in [6.07, 6.45) is 0.484. The van der Waals surface area contributed by atoms with Crippen LogP contribution in [0.15, 0.2) is 42.5 Å². The molecule has 2 N–H and O–H groups in total. The van der Waals surface area contributed by atoms with Crippen molar-refractivity contribution in [1.82, 2.24) is 5.32 Å². The summed E-state index contributed by atoms with van der Waals surface area (Å²) in [5.41, 5.74) is 1.96. The van der Waals surface area contributed by atoms with Gasteiger partial charge in [0.05, 0.1) is 0 Å². The van der Waals surface area contributed by atoms with Crippen molar-refractivity contribution in [3.63, 3.8) is 0 Å². The second-order valence-electron chi connectivity index (χ2n) is 5.82. The summed E-state index contributed by atoms with van der Waals surface area (Å²) in [5.74, 6) is -0.578. The molecule has 0 aliphatic carbocycles. The standard InChI is InChI=1S/C18H17ClFN3O2/c1-11-14(19)3-2-4-15(11)21-18(25)22-16-9-10-23(17(16)24)13-7-5-12(20)6-8-13/h2-8,16H,9-10H2,1H3,(H2,21,22,25). The normalized spacial score (nSPS) is 16.8. The van der Waals surface area contributed by atoms with E-state index in [0.29, 0.717) is 29.4 Å². The molecule has 1 heterocycles. The molecular weight excluding hydrogens is 345 g/mol. The van der Waals surface area contributed by atoms with Crippen molar-refractivity contribution in [2.75, 3.05) is 16.8 Å². The summed E-state index contributed by atoms with van der Waals surface area (Å²) < 4.78 is 13.0. The zero-order chi connectivity index (χ0) is 18.0. The van der Waals surface area contributed by atoms with Crippen LogP contribution in [-0.4, -0.2) is 24.5 Å². The molecule has 1 aliphatic heterocycles.